The van der Waals surface area contributed by atoms with Crippen molar-refractivity contribution < 1.29 is 14.3 Å². The highest BCUT2D eigenvalue weighted by Gasteiger charge is 2.17. The molecule has 0 saturated carbocycles. The van der Waals surface area contributed by atoms with Crippen molar-refractivity contribution in [3.8, 4) is 0 Å². The molecular formula is C9H13NO2. The molecule has 0 aromatic carbocycles. The molecule has 3 heteroatoms. The second kappa shape index (κ2) is 3.21. The van der Waals surface area contributed by atoms with E-state index >= 15 is 0 Å². The minimum absolute atomic E-state index is 0.0362. The molecule has 1 aromatic heterocycles. The standard InChI is InChI=1S/C9H13NO2/c1-9(2,12)8-5-3-4-7(6-11)10-8/h3-5,11-12H,6H2,1-2H3/i1D3. The Morgan fingerprint density at radius 3 is 3.00 bits per heavy atom. The highest BCUT2D eigenvalue weighted by Crippen LogP contribution is 2.16. The zero-order valence-corrected chi connectivity index (χ0v) is 6.78. The molecule has 0 amide bonds. The van der Waals surface area contributed by atoms with Gasteiger partial charge in [-0.1, -0.05) is 6.07 Å². The number of hydrogen-bond acceptors (Lipinski definition) is 3. The van der Waals surface area contributed by atoms with Gasteiger partial charge in [0.15, 0.2) is 0 Å². The van der Waals surface area contributed by atoms with Crippen molar-refractivity contribution in [3.05, 3.63) is 29.6 Å². The molecule has 0 aliphatic carbocycles. The molecule has 3 nitrogen and oxygen atoms in total. The van der Waals surface area contributed by atoms with Crippen LogP contribution in [0.25, 0.3) is 0 Å². The summed E-state index contributed by atoms with van der Waals surface area (Å²) in [5.41, 5.74) is -1.64. The number of aliphatic hydroxyl groups is 2. The van der Waals surface area contributed by atoms with Crippen molar-refractivity contribution in [3.63, 3.8) is 0 Å². The van der Waals surface area contributed by atoms with E-state index in [0.717, 1.165) is 0 Å². The van der Waals surface area contributed by atoms with Gasteiger partial charge in [-0.25, -0.2) is 0 Å². The van der Waals surface area contributed by atoms with E-state index in [9.17, 15) is 5.11 Å². The zero-order chi connectivity index (χ0) is 11.7. The Labute approximate surface area is 75.9 Å². The lowest BCUT2D eigenvalue weighted by atomic mass is 10.0. The molecule has 2 N–H and O–H groups in total. The molecule has 0 fully saturated rings. The summed E-state index contributed by atoms with van der Waals surface area (Å²) in [6.45, 7) is -1.65. The first-order valence-corrected chi connectivity index (χ1v) is 3.58. The molecule has 66 valence electrons. The molecule has 0 radical (unpaired) electrons. The molecule has 1 atom stereocenters. The maximum absolute atomic E-state index is 9.84. The fourth-order valence-corrected chi connectivity index (χ4v) is 0.839. The summed E-state index contributed by atoms with van der Waals surface area (Å²) in [6, 6.07) is 4.53. The van der Waals surface area contributed by atoms with Crippen LogP contribution in [-0.4, -0.2) is 15.2 Å². The summed E-state index contributed by atoms with van der Waals surface area (Å²) >= 11 is 0. The number of aliphatic hydroxyl groups excluding tert-OH is 1. The number of nitrogens with zero attached hydrogens (tertiary/aromatic N) is 1. The maximum Gasteiger partial charge on any atom is 0.101 e. The molecule has 1 unspecified atom stereocenters. The summed E-state index contributed by atoms with van der Waals surface area (Å²) in [7, 11) is 0. The van der Waals surface area contributed by atoms with Crippen molar-refractivity contribution in [2.75, 3.05) is 0 Å². The second-order valence-corrected chi connectivity index (χ2v) is 2.74. The molecule has 0 spiro atoms. The van der Waals surface area contributed by atoms with Gasteiger partial charge in [-0.2, -0.15) is 0 Å². The van der Waals surface area contributed by atoms with Gasteiger partial charge >= 0.3 is 0 Å². The Morgan fingerprint density at radius 1 is 1.67 bits per heavy atom. The van der Waals surface area contributed by atoms with Crippen LogP contribution in [0.1, 0.15) is 29.3 Å². The monoisotopic (exact) mass is 170 g/mol. The van der Waals surface area contributed by atoms with Crippen molar-refractivity contribution in [2.24, 2.45) is 0 Å². The van der Waals surface area contributed by atoms with Gasteiger partial charge in [-0.05, 0) is 25.9 Å². The zero-order valence-electron chi connectivity index (χ0n) is 9.78. The number of hydrogen-bond donors (Lipinski definition) is 2. The van der Waals surface area contributed by atoms with Crippen molar-refractivity contribution in [1.82, 2.24) is 4.98 Å². The first kappa shape index (κ1) is 5.67. The fourth-order valence-electron chi connectivity index (χ4n) is 0.839. The average Bonchev–Trinajstić information content (AvgIpc) is 2.16. The largest absolute Gasteiger partial charge is 0.390 e. The highest BCUT2D eigenvalue weighted by atomic mass is 16.3. The second-order valence-electron chi connectivity index (χ2n) is 2.74. The Morgan fingerprint density at radius 2 is 2.42 bits per heavy atom. The summed E-state index contributed by atoms with van der Waals surface area (Å²) in [4.78, 5) is 3.87. The van der Waals surface area contributed by atoms with E-state index in [0.29, 0.717) is 5.69 Å². The molecule has 12 heavy (non-hydrogen) atoms. The summed E-state index contributed by atoms with van der Waals surface area (Å²) < 4.78 is 21.5. The molecule has 0 saturated heterocycles. The van der Waals surface area contributed by atoms with Gasteiger partial charge in [-0.3, -0.25) is 4.98 Å². The van der Waals surface area contributed by atoms with Crippen LogP contribution >= 0.6 is 0 Å². The lowest BCUT2D eigenvalue weighted by molar-refractivity contribution is 0.0733. The van der Waals surface area contributed by atoms with Crippen LogP contribution in [0.5, 0.6) is 0 Å². The highest BCUT2D eigenvalue weighted by molar-refractivity contribution is 5.15. The third-order valence-corrected chi connectivity index (χ3v) is 1.47. The van der Waals surface area contributed by atoms with Gasteiger partial charge in [0, 0.05) is 4.11 Å². The fraction of sp³-hybridized carbons (Fsp3) is 0.444. The average molecular weight is 170 g/mol. The lowest BCUT2D eigenvalue weighted by Crippen LogP contribution is -2.17. The van der Waals surface area contributed by atoms with E-state index in [1.54, 1.807) is 12.1 Å². The van der Waals surface area contributed by atoms with E-state index in [4.69, 9.17) is 9.22 Å². The molecular weight excluding hydrogens is 154 g/mol. The van der Waals surface area contributed by atoms with Crippen LogP contribution in [0.15, 0.2) is 18.2 Å². The number of pyridine rings is 1. The Bertz CT molecular complexity index is 349. The van der Waals surface area contributed by atoms with Gasteiger partial charge in [0.25, 0.3) is 0 Å². The molecule has 1 rings (SSSR count). The van der Waals surface area contributed by atoms with Crippen LogP contribution < -0.4 is 0 Å². The molecule has 0 aliphatic rings. The number of aromatic nitrogens is 1. The van der Waals surface area contributed by atoms with E-state index in [2.05, 4.69) is 4.98 Å². The first-order valence-electron chi connectivity index (χ1n) is 5.08. The summed E-state index contributed by atoms with van der Waals surface area (Å²) in [5, 5.41) is 18.7. The lowest BCUT2D eigenvalue weighted by Gasteiger charge is -2.16. The van der Waals surface area contributed by atoms with Gasteiger partial charge in [-0.15, -0.1) is 0 Å². The predicted molar refractivity (Wildman–Crippen MR) is 45.4 cm³/mol. The van der Waals surface area contributed by atoms with Crippen molar-refractivity contribution >= 4 is 0 Å². The predicted octanol–water partition coefficient (Wildman–Crippen LogP) is 0.801. The molecule has 0 aliphatic heterocycles. The van der Waals surface area contributed by atoms with E-state index in [-0.39, 0.29) is 12.3 Å². The third kappa shape index (κ3) is 2.03. The summed E-state index contributed by atoms with van der Waals surface area (Å²) in [6.07, 6.45) is 0. The van der Waals surface area contributed by atoms with Gasteiger partial charge in [0.05, 0.1) is 18.0 Å². The Balaban J connectivity index is 3.15. The van der Waals surface area contributed by atoms with Gasteiger partial charge in [0.1, 0.15) is 5.60 Å². The van der Waals surface area contributed by atoms with Crippen LogP contribution in [0.2, 0.25) is 0 Å². The topological polar surface area (TPSA) is 53.4 Å². The van der Waals surface area contributed by atoms with E-state index < -0.39 is 12.5 Å². The van der Waals surface area contributed by atoms with E-state index in [1.165, 1.54) is 13.0 Å². The molecule has 0 bridgehead atoms. The molecule has 1 aromatic rings. The van der Waals surface area contributed by atoms with Gasteiger partial charge < -0.3 is 10.2 Å². The van der Waals surface area contributed by atoms with Crippen molar-refractivity contribution in [1.29, 1.82) is 0 Å². The molecule has 1 heterocycles. The quantitative estimate of drug-likeness (QED) is 0.690. The Hall–Kier alpha value is -0.930. The third-order valence-electron chi connectivity index (χ3n) is 1.47. The normalized spacial score (nSPS) is 20.4. The van der Waals surface area contributed by atoms with E-state index in [1.807, 2.05) is 0 Å². The Kier molecular flexibility index (Phi) is 1.52. The number of rotatable bonds is 2. The van der Waals surface area contributed by atoms with Crippen LogP contribution in [0.3, 0.4) is 0 Å². The minimum Gasteiger partial charge on any atom is -0.390 e. The van der Waals surface area contributed by atoms with Crippen LogP contribution in [-0.2, 0) is 12.2 Å². The smallest absolute Gasteiger partial charge is 0.101 e. The SMILES string of the molecule is [2H]C([2H])([2H])C(C)(O)c1cccc(CO)n1. The maximum atomic E-state index is 9.84. The summed E-state index contributed by atoms with van der Waals surface area (Å²) in [5.74, 6) is 0. The van der Waals surface area contributed by atoms with Gasteiger partial charge in [0.2, 0.25) is 0 Å². The first-order chi connectivity index (χ1) is 6.79. The van der Waals surface area contributed by atoms with Crippen LogP contribution in [0.4, 0.5) is 0 Å². The van der Waals surface area contributed by atoms with Crippen LogP contribution in [0, 0.1) is 0 Å². The van der Waals surface area contributed by atoms with Crippen molar-refractivity contribution in [2.45, 2.75) is 26.0 Å². The minimum atomic E-state index is -2.55.